The summed E-state index contributed by atoms with van der Waals surface area (Å²) in [5.41, 5.74) is 9.63. The number of amides is 2. The molecule has 9 nitrogen and oxygen atoms in total. The first-order valence-electron chi connectivity index (χ1n) is 11.0. The van der Waals surface area contributed by atoms with Crippen LogP contribution in [0.25, 0.3) is 0 Å². The van der Waals surface area contributed by atoms with Gasteiger partial charge in [0.25, 0.3) is 11.8 Å². The van der Waals surface area contributed by atoms with Crippen LogP contribution in [0.15, 0.2) is 42.7 Å². The molecule has 2 amide bonds. The first-order valence-corrected chi connectivity index (χ1v) is 11.0. The van der Waals surface area contributed by atoms with Gasteiger partial charge in [-0.05, 0) is 49.4 Å². The number of para-hydroxylation sites is 1. The number of nitrogens with two attached hydrogens (primary N) is 1. The smallest absolute Gasteiger partial charge is 0.254 e. The summed E-state index contributed by atoms with van der Waals surface area (Å²) in [5.74, 6) is 0.447. The van der Waals surface area contributed by atoms with E-state index in [1.807, 2.05) is 25.1 Å². The van der Waals surface area contributed by atoms with Gasteiger partial charge in [-0.3, -0.25) is 9.59 Å². The fourth-order valence-electron chi connectivity index (χ4n) is 3.96. The van der Waals surface area contributed by atoms with Crippen LogP contribution in [-0.2, 0) is 0 Å². The summed E-state index contributed by atoms with van der Waals surface area (Å²) < 4.78 is 0. The SMILES string of the molecule is CNC(=O)c1cnc(Nc2ccc(C#N)cn2)c(C)c1Nc1c(C(N)=O)cccc1C1CCC1. The first-order chi connectivity index (χ1) is 16.4. The highest BCUT2D eigenvalue weighted by Crippen LogP contribution is 2.42. The third-order valence-corrected chi connectivity index (χ3v) is 6.09. The first kappa shape index (κ1) is 22.7. The lowest BCUT2D eigenvalue weighted by Gasteiger charge is -2.29. The highest BCUT2D eigenvalue weighted by molar-refractivity contribution is 6.04. The van der Waals surface area contributed by atoms with Crippen molar-refractivity contribution in [3.05, 3.63) is 70.5 Å². The van der Waals surface area contributed by atoms with Gasteiger partial charge in [0.05, 0.1) is 28.1 Å². The van der Waals surface area contributed by atoms with Crippen LogP contribution in [0.2, 0.25) is 0 Å². The molecule has 3 aromatic rings. The molecule has 0 spiro atoms. The molecular weight excluding hydrogens is 430 g/mol. The standard InChI is InChI=1S/C25H25N7O2/c1-14-21(32-22-17(16-5-3-6-16)7-4-8-18(22)23(27)33)19(25(34)28-2)13-30-24(14)31-20-10-9-15(11-26)12-29-20/h4,7-10,12-13,16H,3,5-6H2,1-2H3,(H2,27,33)(H,28,34)(H2,29,30,31,32). The Labute approximate surface area is 197 Å². The summed E-state index contributed by atoms with van der Waals surface area (Å²) in [6.45, 7) is 1.82. The van der Waals surface area contributed by atoms with Crippen molar-refractivity contribution in [2.75, 3.05) is 17.7 Å². The highest BCUT2D eigenvalue weighted by atomic mass is 16.2. The summed E-state index contributed by atoms with van der Waals surface area (Å²) in [6, 6.07) is 10.9. The fraction of sp³-hybridized carbons (Fsp3) is 0.240. The van der Waals surface area contributed by atoms with Gasteiger partial charge in [0.1, 0.15) is 17.7 Å². The minimum atomic E-state index is -0.544. The summed E-state index contributed by atoms with van der Waals surface area (Å²) in [7, 11) is 1.55. The van der Waals surface area contributed by atoms with Crippen molar-refractivity contribution >= 4 is 34.8 Å². The van der Waals surface area contributed by atoms with Crippen LogP contribution in [0.5, 0.6) is 0 Å². The molecule has 0 bridgehead atoms. The maximum Gasteiger partial charge on any atom is 0.254 e. The van der Waals surface area contributed by atoms with E-state index in [2.05, 4.69) is 25.9 Å². The number of nitrogens with one attached hydrogen (secondary N) is 3. The Hall–Kier alpha value is -4.45. The second-order valence-corrected chi connectivity index (χ2v) is 8.16. The van der Waals surface area contributed by atoms with Crippen molar-refractivity contribution in [2.24, 2.45) is 5.73 Å². The number of primary amides is 1. The zero-order chi connectivity index (χ0) is 24.2. The number of carbonyl (C=O) groups is 2. The van der Waals surface area contributed by atoms with Crippen molar-refractivity contribution in [1.82, 2.24) is 15.3 Å². The van der Waals surface area contributed by atoms with Crippen molar-refractivity contribution in [1.29, 1.82) is 5.26 Å². The number of rotatable bonds is 7. The van der Waals surface area contributed by atoms with Gasteiger partial charge in [-0.25, -0.2) is 9.97 Å². The molecule has 0 radical (unpaired) electrons. The number of nitrogens with zero attached hydrogens (tertiary/aromatic N) is 3. The molecule has 1 aliphatic rings. The monoisotopic (exact) mass is 455 g/mol. The summed E-state index contributed by atoms with van der Waals surface area (Å²) >= 11 is 0. The summed E-state index contributed by atoms with van der Waals surface area (Å²) in [5, 5.41) is 18.1. The molecule has 172 valence electrons. The Morgan fingerprint density at radius 3 is 2.44 bits per heavy atom. The third kappa shape index (κ3) is 4.38. The summed E-state index contributed by atoms with van der Waals surface area (Å²) in [6.07, 6.45) is 6.13. The van der Waals surface area contributed by atoms with E-state index in [1.54, 1.807) is 25.2 Å². The molecule has 0 atom stereocenters. The Kier molecular flexibility index (Phi) is 6.41. The van der Waals surface area contributed by atoms with Crippen LogP contribution in [0.3, 0.4) is 0 Å². The molecule has 4 rings (SSSR count). The van der Waals surface area contributed by atoms with Crippen LogP contribution in [0.1, 0.15) is 62.6 Å². The molecule has 34 heavy (non-hydrogen) atoms. The number of carbonyl (C=O) groups excluding carboxylic acids is 2. The number of hydrogen-bond acceptors (Lipinski definition) is 7. The largest absolute Gasteiger partial charge is 0.366 e. The number of hydrogen-bond donors (Lipinski definition) is 4. The maximum atomic E-state index is 12.7. The van der Waals surface area contributed by atoms with Crippen molar-refractivity contribution in [3.63, 3.8) is 0 Å². The highest BCUT2D eigenvalue weighted by Gasteiger charge is 2.26. The molecule has 0 saturated heterocycles. The lowest BCUT2D eigenvalue weighted by atomic mass is 9.78. The van der Waals surface area contributed by atoms with Crippen LogP contribution in [-0.4, -0.2) is 28.8 Å². The van der Waals surface area contributed by atoms with Gasteiger partial charge < -0.3 is 21.7 Å². The number of benzene rings is 1. The van der Waals surface area contributed by atoms with E-state index in [1.165, 1.54) is 12.4 Å². The molecule has 9 heteroatoms. The molecular formula is C25H25N7O2. The lowest BCUT2D eigenvalue weighted by Crippen LogP contribution is -2.22. The number of aromatic nitrogens is 2. The topological polar surface area (TPSA) is 146 Å². The molecule has 0 unspecified atom stereocenters. The lowest BCUT2D eigenvalue weighted by molar-refractivity contribution is 0.0962. The minimum absolute atomic E-state index is 0.317. The van der Waals surface area contributed by atoms with Crippen molar-refractivity contribution in [2.45, 2.75) is 32.1 Å². The van der Waals surface area contributed by atoms with Crippen LogP contribution in [0, 0.1) is 18.3 Å². The van der Waals surface area contributed by atoms with E-state index in [0.717, 1.165) is 24.8 Å². The van der Waals surface area contributed by atoms with E-state index in [-0.39, 0.29) is 5.91 Å². The van der Waals surface area contributed by atoms with Crippen LogP contribution >= 0.6 is 0 Å². The van der Waals surface area contributed by atoms with E-state index in [9.17, 15) is 9.59 Å². The molecule has 1 fully saturated rings. The number of anilines is 4. The Morgan fingerprint density at radius 2 is 1.85 bits per heavy atom. The second kappa shape index (κ2) is 9.58. The van der Waals surface area contributed by atoms with Gasteiger partial charge >= 0.3 is 0 Å². The molecule has 2 heterocycles. The van der Waals surface area contributed by atoms with E-state index in [0.29, 0.717) is 51.2 Å². The minimum Gasteiger partial charge on any atom is -0.366 e. The fourth-order valence-corrected chi connectivity index (χ4v) is 3.96. The Morgan fingerprint density at radius 1 is 1.06 bits per heavy atom. The quantitative estimate of drug-likeness (QED) is 0.423. The van der Waals surface area contributed by atoms with Crippen LogP contribution < -0.4 is 21.7 Å². The maximum absolute atomic E-state index is 12.7. The Bertz CT molecular complexity index is 1290. The van der Waals surface area contributed by atoms with Gasteiger partial charge in [0.15, 0.2) is 0 Å². The second-order valence-electron chi connectivity index (χ2n) is 8.16. The zero-order valence-corrected chi connectivity index (χ0v) is 19.0. The molecule has 5 N–H and O–H groups in total. The number of pyridine rings is 2. The third-order valence-electron chi connectivity index (χ3n) is 6.09. The summed E-state index contributed by atoms with van der Waals surface area (Å²) in [4.78, 5) is 33.6. The molecule has 1 aliphatic carbocycles. The van der Waals surface area contributed by atoms with Gasteiger partial charge in [0.2, 0.25) is 0 Å². The predicted molar refractivity (Wildman–Crippen MR) is 129 cm³/mol. The number of nitriles is 1. The van der Waals surface area contributed by atoms with Gasteiger partial charge in [-0.2, -0.15) is 5.26 Å². The average Bonchev–Trinajstić information content (AvgIpc) is 2.81. The average molecular weight is 456 g/mol. The predicted octanol–water partition coefficient (Wildman–Crippen LogP) is 3.87. The van der Waals surface area contributed by atoms with Gasteiger partial charge in [-0.15, -0.1) is 0 Å². The van der Waals surface area contributed by atoms with Crippen LogP contribution in [0.4, 0.5) is 23.0 Å². The molecule has 0 aliphatic heterocycles. The normalized spacial score (nSPS) is 12.9. The molecule has 1 saturated carbocycles. The van der Waals surface area contributed by atoms with E-state index < -0.39 is 5.91 Å². The Balaban J connectivity index is 1.80. The molecule has 1 aromatic carbocycles. The molecule has 2 aromatic heterocycles. The van der Waals surface area contributed by atoms with Gasteiger partial charge in [-0.1, -0.05) is 18.6 Å². The van der Waals surface area contributed by atoms with Crippen molar-refractivity contribution < 1.29 is 9.59 Å². The van der Waals surface area contributed by atoms with E-state index >= 15 is 0 Å². The van der Waals surface area contributed by atoms with Crippen molar-refractivity contribution in [3.8, 4) is 6.07 Å². The zero-order valence-electron chi connectivity index (χ0n) is 19.0. The van der Waals surface area contributed by atoms with Gasteiger partial charge in [0, 0.05) is 25.0 Å². The van der Waals surface area contributed by atoms with E-state index in [4.69, 9.17) is 11.0 Å².